The van der Waals surface area contributed by atoms with Gasteiger partial charge in [0, 0.05) is 26.6 Å². The van der Waals surface area contributed by atoms with Gasteiger partial charge < -0.3 is 20.5 Å². The van der Waals surface area contributed by atoms with Crippen LogP contribution in [0.2, 0.25) is 0 Å². The molecule has 0 aliphatic carbocycles. The number of likely N-dealkylation sites (N-methyl/N-ethyl adjacent to an activating group) is 1. The van der Waals surface area contributed by atoms with Crippen LogP contribution in [0.15, 0.2) is 0 Å². The fraction of sp³-hybridized carbons (Fsp3) is 0.800. The summed E-state index contributed by atoms with van der Waals surface area (Å²) in [4.78, 5) is 23.7. The molecule has 0 aromatic carbocycles. The number of carboxylic acids is 1. The Bertz CT molecular complexity index is 274. The molecular formula is C10H18N2O4. The number of nitrogens with zero attached hydrogens (tertiary/aromatic N) is 1. The number of aliphatic carboxylic acids is 1. The summed E-state index contributed by atoms with van der Waals surface area (Å²) < 4.78 is 5.11. The number of hydrogen-bond acceptors (Lipinski definition) is 4. The summed E-state index contributed by atoms with van der Waals surface area (Å²) in [6.07, 6.45) is 1.02. The average Bonchev–Trinajstić information content (AvgIpc) is 2.64. The van der Waals surface area contributed by atoms with E-state index in [4.69, 9.17) is 15.6 Å². The Hall–Kier alpha value is -1.14. The maximum Gasteiger partial charge on any atom is 0.303 e. The highest BCUT2D eigenvalue weighted by Gasteiger charge is 2.39. The highest BCUT2D eigenvalue weighted by atomic mass is 16.5. The second-order valence-electron chi connectivity index (χ2n) is 4.18. The fourth-order valence-corrected chi connectivity index (χ4v) is 1.70. The standard InChI is InChI=1S/C10H18N2O4/c1-12(5-2-3-8(13)14)9(15)10(11)4-6-16-7-10/h2-7,11H2,1H3,(H,13,14). The molecule has 0 saturated carbocycles. The molecule has 1 aliphatic rings. The van der Waals surface area contributed by atoms with Crippen molar-refractivity contribution in [2.75, 3.05) is 26.8 Å². The lowest BCUT2D eigenvalue weighted by molar-refractivity contribution is -0.139. The van der Waals surface area contributed by atoms with Crippen molar-refractivity contribution in [3.05, 3.63) is 0 Å². The number of carboxylic acid groups (broad SMARTS) is 1. The van der Waals surface area contributed by atoms with E-state index in [1.165, 1.54) is 4.90 Å². The molecule has 0 bridgehead atoms. The van der Waals surface area contributed by atoms with Crippen LogP contribution in [0.5, 0.6) is 0 Å². The summed E-state index contributed by atoms with van der Waals surface area (Å²) in [5, 5.41) is 8.48. The molecule has 0 spiro atoms. The van der Waals surface area contributed by atoms with Gasteiger partial charge in [-0.1, -0.05) is 0 Å². The molecule has 0 radical (unpaired) electrons. The van der Waals surface area contributed by atoms with Gasteiger partial charge in [0.1, 0.15) is 5.54 Å². The Balaban J connectivity index is 2.38. The van der Waals surface area contributed by atoms with E-state index >= 15 is 0 Å². The van der Waals surface area contributed by atoms with Crippen LogP contribution >= 0.6 is 0 Å². The van der Waals surface area contributed by atoms with Crippen molar-refractivity contribution in [1.29, 1.82) is 0 Å². The van der Waals surface area contributed by atoms with Crippen molar-refractivity contribution in [1.82, 2.24) is 4.90 Å². The highest BCUT2D eigenvalue weighted by molar-refractivity contribution is 5.86. The maximum atomic E-state index is 11.9. The molecule has 16 heavy (non-hydrogen) atoms. The normalized spacial score (nSPS) is 24.4. The number of nitrogens with two attached hydrogens (primary N) is 1. The molecule has 1 amide bonds. The van der Waals surface area contributed by atoms with Crippen molar-refractivity contribution in [3.8, 4) is 0 Å². The third kappa shape index (κ3) is 3.18. The molecule has 0 aromatic rings. The number of rotatable bonds is 5. The first-order chi connectivity index (χ1) is 7.46. The molecule has 1 aliphatic heterocycles. The summed E-state index contributed by atoms with van der Waals surface area (Å²) in [6.45, 7) is 1.16. The Morgan fingerprint density at radius 2 is 2.25 bits per heavy atom. The van der Waals surface area contributed by atoms with Crippen LogP contribution in [0.4, 0.5) is 0 Å². The van der Waals surface area contributed by atoms with E-state index in [9.17, 15) is 9.59 Å². The van der Waals surface area contributed by atoms with E-state index in [0.717, 1.165) is 0 Å². The topological polar surface area (TPSA) is 92.9 Å². The van der Waals surface area contributed by atoms with Crippen LogP contribution in [0.25, 0.3) is 0 Å². The van der Waals surface area contributed by atoms with Gasteiger partial charge in [0.25, 0.3) is 0 Å². The number of carbonyl (C=O) groups excluding carboxylic acids is 1. The largest absolute Gasteiger partial charge is 0.481 e. The minimum Gasteiger partial charge on any atom is -0.481 e. The van der Waals surface area contributed by atoms with Crippen LogP contribution in [-0.4, -0.2) is 54.2 Å². The van der Waals surface area contributed by atoms with Gasteiger partial charge in [-0.05, 0) is 12.8 Å². The highest BCUT2D eigenvalue weighted by Crippen LogP contribution is 2.18. The number of ether oxygens (including phenoxy) is 1. The molecule has 92 valence electrons. The molecule has 1 rings (SSSR count). The van der Waals surface area contributed by atoms with Gasteiger partial charge in [-0.2, -0.15) is 0 Å². The zero-order valence-corrected chi connectivity index (χ0v) is 9.44. The summed E-state index contributed by atoms with van der Waals surface area (Å²) in [5.41, 5.74) is 4.98. The summed E-state index contributed by atoms with van der Waals surface area (Å²) >= 11 is 0. The summed E-state index contributed by atoms with van der Waals surface area (Å²) in [7, 11) is 1.64. The monoisotopic (exact) mass is 230 g/mol. The van der Waals surface area contributed by atoms with Gasteiger partial charge >= 0.3 is 5.97 Å². The summed E-state index contributed by atoms with van der Waals surface area (Å²) in [5.74, 6) is -1.03. The smallest absolute Gasteiger partial charge is 0.303 e. The van der Waals surface area contributed by atoms with E-state index in [-0.39, 0.29) is 18.9 Å². The quantitative estimate of drug-likeness (QED) is 0.659. The molecule has 1 atom stereocenters. The van der Waals surface area contributed by atoms with Gasteiger partial charge in [-0.15, -0.1) is 0 Å². The Morgan fingerprint density at radius 1 is 1.56 bits per heavy atom. The van der Waals surface area contributed by atoms with E-state index in [0.29, 0.717) is 26.0 Å². The second-order valence-corrected chi connectivity index (χ2v) is 4.18. The van der Waals surface area contributed by atoms with E-state index < -0.39 is 11.5 Å². The molecule has 0 aromatic heterocycles. The molecule has 1 saturated heterocycles. The Kier molecular flexibility index (Phi) is 4.26. The minimum atomic E-state index is -0.919. The molecule has 1 heterocycles. The van der Waals surface area contributed by atoms with E-state index in [1.807, 2.05) is 0 Å². The Morgan fingerprint density at radius 3 is 2.75 bits per heavy atom. The van der Waals surface area contributed by atoms with Gasteiger partial charge in [0.05, 0.1) is 6.61 Å². The Labute approximate surface area is 94.3 Å². The molecule has 6 nitrogen and oxygen atoms in total. The van der Waals surface area contributed by atoms with E-state index in [1.54, 1.807) is 7.05 Å². The van der Waals surface area contributed by atoms with Crippen molar-refractivity contribution in [3.63, 3.8) is 0 Å². The lowest BCUT2D eigenvalue weighted by Gasteiger charge is -2.27. The third-order valence-electron chi connectivity index (χ3n) is 2.71. The van der Waals surface area contributed by atoms with Crippen molar-refractivity contribution < 1.29 is 19.4 Å². The van der Waals surface area contributed by atoms with Crippen LogP contribution in [-0.2, 0) is 14.3 Å². The molecule has 1 unspecified atom stereocenters. The molecule has 6 heteroatoms. The lowest BCUT2D eigenvalue weighted by atomic mass is 9.98. The van der Waals surface area contributed by atoms with Crippen molar-refractivity contribution in [2.45, 2.75) is 24.8 Å². The molecule has 3 N–H and O–H groups in total. The number of amides is 1. The SMILES string of the molecule is CN(CCCC(=O)O)C(=O)C1(N)CCOC1. The van der Waals surface area contributed by atoms with Crippen LogP contribution in [0.1, 0.15) is 19.3 Å². The predicted molar refractivity (Wildman–Crippen MR) is 56.9 cm³/mol. The van der Waals surface area contributed by atoms with Crippen molar-refractivity contribution >= 4 is 11.9 Å². The molecular weight excluding hydrogens is 212 g/mol. The first kappa shape index (κ1) is 12.9. The van der Waals surface area contributed by atoms with E-state index in [2.05, 4.69) is 0 Å². The maximum absolute atomic E-state index is 11.9. The zero-order valence-electron chi connectivity index (χ0n) is 9.44. The lowest BCUT2D eigenvalue weighted by Crippen LogP contribution is -2.55. The fourth-order valence-electron chi connectivity index (χ4n) is 1.70. The predicted octanol–water partition coefficient (Wildman–Crippen LogP) is -0.573. The van der Waals surface area contributed by atoms with Crippen LogP contribution in [0, 0.1) is 0 Å². The second kappa shape index (κ2) is 5.27. The van der Waals surface area contributed by atoms with Gasteiger partial charge in [-0.3, -0.25) is 9.59 Å². The van der Waals surface area contributed by atoms with Crippen LogP contribution < -0.4 is 5.73 Å². The first-order valence-corrected chi connectivity index (χ1v) is 5.30. The zero-order chi connectivity index (χ0) is 12.2. The number of carbonyl (C=O) groups is 2. The minimum absolute atomic E-state index is 0.0612. The van der Waals surface area contributed by atoms with Crippen LogP contribution in [0.3, 0.4) is 0 Å². The summed E-state index contributed by atoms with van der Waals surface area (Å²) in [6, 6.07) is 0. The molecule has 1 fully saturated rings. The third-order valence-corrected chi connectivity index (χ3v) is 2.71. The van der Waals surface area contributed by atoms with Gasteiger partial charge in [0.15, 0.2) is 0 Å². The first-order valence-electron chi connectivity index (χ1n) is 5.30. The number of hydrogen-bond donors (Lipinski definition) is 2. The van der Waals surface area contributed by atoms with Crippen molar-refractivity contribution in [2.24, 2.45) is 5.73 Å². The van der Waals surface area contributed by atoms with Gasteiger partial charge in [0.2, 0.25) is 5.91 Å². The van der Waals surface area contributed by atoms with Gasteiger partial charge in [-0.25, -0.2) is 0 Å². The average molecular weight is 230 g/mol.